The summed E-state index contributed by atoms with van der Waals surface area (Å²) in [5.74, 6) is -0.192. The number of hydrogen-bond acceptors (Lipinski definition) is 1. The molecule has 3 aromatic rings. The predicted molar refractivity (Wildman–Crippen MR) is 112 cm³/mol. The van der Waals surface area contributed by atoms with E-state index in [1.807, 2.05) is 12.1 Å². The second kappa shape index (κ2) is 6.97. The summed E-state index contributed by atoms with van der Waals surface area (Å²) in [5, 5.41) is 1.38. The zero-order valence-corrected chi connectivity index (χ0v) is 16.6. The average molecular weight is 362 g/mol. The number of fused-ring (bicyclic) bond motifs is 3. The molecule has 27 heavy (non-hydrogen) atoms. The van der Waals surface area contributed by atoms with E-state index in [-0.39, 0.29) is 5.82 Å². The minimum Gasteiger partial charge on any atom is -0.317 e. The Morgan fingerprint density at radius 2 is 1.67 bits per heavy atom. The van der Waals surface area contributed by atoms with E-state index in [1.165, 1.54) is 39.0 Å². The van der Waals surface area contributed by atoms with Crippen LogP contribution in [0.25, 0.3) is 22.2 Å². The highest BCUT2D eigenvalue weighted by molar-refractivity contribution is 5.93. The third-order valence-electron chi connectivity index (χ3n) is 5.97. The molecule has 0 bridgehead atoms. The number of aryl methyl sites for hydroxylation is 1. The van der Waals surface area contributed by atoms with Crippen molar-refractivity contribution >= 4 is 22.2 Å². The van der Waals surface area contributed by atoms with Crippen molar-refractivity contribution in [3.63, 3.8) is 0 Å². The molecule has 2 heterocycles. The minimum atomic E-state index is -0.192. The third kappa shape index (κ3) is 3.21. The van der Waals surface area contributed by atoms with Gasteiger partial charge in [0.1, 0.15) is 5.82 Å². The van der Waals surface area contributed by atoms with Crippen LogP contribution in [0.3, 0.4) is 0 Å². The fourth-order valence-corrected chi connectivity index (χ4v) is 4.23. The summed E-state index contributed by atoms with van der Waals surface area (Å²) in [6, 6.07) is 13.6. The second-order valence-corrected chi connectivity index (χ2v) is 7.80. The van der Waals surface area contributed by atoms with E-state index in [9.17, 15) is 4.39 Å². The fraction of sp³-hybridized carbons (Fsp3) is 0.333. The molecule has 4 rings (SSSR count). The zero-order chi connectivity index (χ0) is 19.1. The van der Waals surface area contributed by atoms with Crippen LogP contribution in [0.1, 0.15) is 36.2 Å². The van der Waals surface area contributed by atoms with Gasteiger partial charge < -0.3 is 9.47 Å². The maximum Gasteiger partial charge on any atom is 0.123 e. The van der Waals surface area contributed by atoms with E-state index in [2.05, 4.69) is 55.5 Å². The highest BCUT2D eigenvalue weighted by atomic mass is 19.1. The van der Waals surface area contributed by atoms with Gasteiger partial charge in [0.25, 0.3) is 0 Å². The normalized spacial score (nSPS) is 16.2. The average Bonchev–Trinajstić information content (AvgIpc) is 2.83. The molecule has 0 aliphatic carbocycles. The van der Waals surface area contributed by atoms with Gasteiger partial charge in [-0.1, -0.05) is 23.8 Å². The Morgan fingerprint density at radius 1 is 0.963 bits per heavy atom. The molecular weight excluding hydrogens is 335 g/mol. The van der Waals surface area contributed by atoms with Crippen molar-refractivity contribution in [1.82, 2.24) is 9.47 Å². The molecule has 2 aromatic carbocycles. The summed E-state index contributed by atoms with van der Waals surface area (Å²) in [6.45, 7) is 8.66. The van der Waals surface area contributed by atoms with Crippen LogP contribution in [0, 0.1) is 12.7 Å². The van der Waals surface area contributed by atoms with Crippen LogP contribution in [0.4, 0.5) is 4.39 Å². The lowest BCUT2D eigenvalue weighted by molar-refractivity contribution is 0.351. The summed E-state index contributed by atoms with van der Waals surface area (Å²) < 4.78 is 15.8. The first-order valence-electron chi connectivity index (χ1n) is 9.71. The molecule has 1 aliphatic heterocycles. The van der Waals surface area contributed by atoms with Gasteiger partial charge in [0.2, 0.25) is 0 Å². The molecule has 0 saturated heterocycles. The van der Waals surface area contributed by atoms with Crippen molar-refractivity contribution in [3.05, 3.63) is 70.7 Å². The van der Waals surface area contributed by atoms with E-state index < -0.39 is 0 Å². The molecule has 0 fully saturated rings. The molecular formula is C24H27FN2. The van der Waals surface area contributed by atoms with Crippen molar-refractivity contribution in [2.24, 2.45) is 0 Å². The first-order chi connectivity index (χ1) is 13.0. The Morgan fingerprint density at radius 3 is 2.41 bits per heavy atom. The lowest BCUT2D eigenvalue weighted by atomic mass is 10.0. The number of allylic oxidation sites excluding steroid dienone is 2. The van der Waals surface area contributed by atoms with Crippen LogP contribution in [0.15, 0.2) is 42.5 Å². The Labute approximate surface area is 160 Å². The van der Waals surface area contributed by atoms with E-state index in [0.29, 0.717) is 0 Å². The number of benzene rings is 2. The second-order valence-electron chi connectivity index (χ2n) is 7.80. The highest BCUT2D eigenvalue weighted by Crippen LogP contribution is 2.34. The lowest BCUT2D eigenvalue weighted by Crippen LogP contribution is -2.21. The summed E-state index contributed by atoms with van der Waals surface area (Å²) in [4.78, 5) is 2.41. The van der Waals surface area contributed by atoms with Gasteiger partial charge in [-0.05, 0) is 75.2 Å². The first kappa shape index (κ1) is 18.0. The molecule has 0 spiro atoms. The van der Waals surface area contributed by atoms with Gasteiger partial charge in [-0.2, -0.15) is 0 Å². The van der Waals surface area contributed by atoms with E-state index in [4.69, 9.17) is 0 Å². The molecule has 1 aromatic heterocycles. The smallest absolute Gasteiger partial charge is 0.123 e. The van der Waals surface area contributed by atoms with Crippen molar-refractivity contribution in [2.45, 2.75) is 33.6 Å². The van der Waals surface area contributed by atoms with Gasteiger partial charge in [-0.15, -0.1) is 0 Å². The zero-order valence-electron chi connectivity index (χ0n) is 16.6. The Kier molecular flexibility index (Phi) is 4.65. The predicted octanol–water partition coefficient (Wildman–Crippen LogP) is 5.53. The summed E-state index contributed by atoms with van der Waals surface area (Å²) in [6.07, 6.45) is 2.13. The van der Waals surface area contributed by atoms with Crippen molar-refractivity contribution in [1.29, 1.82) is 0 Å². The maximum absolute atomic E-state index is 13.4. The molecule has 0 amide bonds. The molecule has 0 saturated carbocycles. The lowest BCUT2D eigenvalue weighted by Gasteiger charge is -2.17. The number of nitrogens with zero attached hydrogens (tertiary/aromatic N) is 2. The monoisotopic (exact) mass is 362 g/mol. The van der Waals surface area contributed by atoms with Gasteiger partial charge in [0.05, 0.1) is 5.52 Å². The first-order valence-corrected chi connectivity index (χ1v) is 9.71. The quantitative estimate of drug-likeness (QED) is 0.582. The largest absolute Gasteiger partial charge is 0.317 e. The minimum absolute atomic E-state index is 0.192. The van der Waals surface area contributed by atoms with Gasteiger partial charge >= 0.3 is 0 Å². The Balaban J connectivity index is 1.95. The van der Waals surface area contributed by atoms with Crippen molar-refractivity contribution in [3.8, 4) is 0 Å². The van der Waals surface area contributed by atoms with Crippen LogP contribution in [0.5, 0.6) is 0 Å². The Hall–Kier alpha value is -2.39. The van der Waals surface area contributed by atoms with Gasteiger partial charge in [-0.25, -0.2) is 4.39 Å². The molecule has 2 nitrogen and oxygen atoms in total. The molecule has 0 atom stereocenters. The number of halogens is 1. The highest BCUT2D eigenvalue weighted by Gasteiger charge is 2.22. The van der Waals surface area contributed by atoms with E-state index in [1.54, 1.807) is 12.1 Å². The number of rotatable bonds is 2. The van der Waals surface area contributed by atoms with Crippen LogP contribution >= 0.6 is 0 Å². The van der Waals surface area contributed by atoms with E-state index >= 15 is 0 Å². The summed E-state index contributed by atoms with van der Waals surface area (Å²) in [5.41, 5.74) is 8.99. The molecule has 140 valence electrons. The molecule has 0 N–H and O–H groups in total. The van der Waals surface area contributed by atoms with Crippen LogP contribution in [0.2, 0.25) is 0 Å². The SMILES string of the molecule is CC(=C(C)n1c2c(c3cc(C)ccc31)CCN(C)CC2)c1ccc(F)cc1. The molecule has 0 unspecified atom stereocenters. The third-order valence-corrected chi connectivity index (χ3v) is 5.97. The van der Waals surface area contributed by atoms with E-state index in [0.717, 1.165) is 31.5 Å². The fourth-order valence-electron chi connectivity index (χ4n) is 4.23. The maximum atomic E-state index is 13.4. The van der Waals surface area contributed by atoms with Crippen LogP contribution in [-0.2, 0) is 12.8 Å². The topological polar surface area (TPSA) is 8.17 Å². The standard InChI is InChI=1S/C24H27FN2/c1-16-5-10-23-22(15-16)21-11-13-26(4)14-12-24(21)27(23)18(3)17(2)19-6-8-20(25)9-7-19/h5-10,15H,11-14H2,1-4H3. The Bertz CT molecular complexity index is 1020. The van der Waals surface area contributed by atoms with Gasteiger partial charge in [0, 0.05) is 36.3 Å². The number of hydrogen-bond donors (Lipinski definition) is 0. The van der Waals surface area contributed by atoms with Crippen LogP contribution in [-0.4, -0.2) is 29.6 Å². The van der Waals surface area contributed by atoms with Crippen molar-refractivity contribution in [2.75, 3.05) is 20.1 Å². The van der Waals surface area contributed by atoms with Crippen molar-refractivity contribution < 1.29 is 4.39 Å². The van der Waals surface area contributed by atoms with Crippen LogP contribution < -0.4 is 0 Å². The number of aromatic nitrogens is 1. The van der Waals surface area contributed by atoms with Gasteiger partial charge in [-0.3, -0.25) is 0 Å². The number of likely N-dealkylation sites (N-methyl/N-ethyl adjacent to an activating group) is 1. The summed E-state index contributed by atoms with van der Waals surface area (Å²) >= 11 is 0. The van der Waals surface area contributed by atoms with Gasteiger partial charge in [0.15, 0.2) is 0 Å². The molecule has 0 radical (unpaired) electrons. The summed E-state index contributed by atoms with van der Waals surface area (Å²) in [7, 11) is 2.20. The molecule has 3 heteroatoms. The molecule has 1 aliphatic rings.